The highest BCUT2D eigenvalue weighted by Crippen LogP contribution is 2.36. The molecule has 1 heterocycles. The van der Waals surface area contributed by atoms with Crippen molar-refractivity contribution in [2.75, 3.05) is 6.54 Å². The zero-order valence-electron chi connectivity index (χ0n) is 6.79. The van der Waals surface area contributed by atoms with E-state index < -0.39 is 0 Å². The average Bonchev–Trinajstić information content (AvgIpc) is 2.58. The molecule has 0 aromatic rings. The van der Waals surface area contributed by atoms with E-state index in [4.69, 9.17) is 5.73 Å². The predicted molar refractivity (Wildman–Crippen MR) is 41.9 cm³/mol. The first kappa shape index (κ1) is 7.10. The Bertz CT molecular complexity index is 193. The van der Waals surface area contributed by atoms with Crippen LogP contribution in [0.4, 0.5) is 0 Å². The second-order valence-electron chi connectivity index (χ2n) is 3.71. The Kier molecular flexibility index (Phi) is 1.42. The zero-order chi connectivity index (χ0) is 8.01. The van der Waals surface area contributed by atoms with E-state index in [0.29, 0.717) is 12.0 Å². The van der Waals surface area contributed by atoms with Crippen molar-refractivity contribution in [3.8, 4) is 0 Å². The van der Waals surface area contributed by atoms with Gasteiger partial charge in [-0.2, -0.15) is 0 Å². The molecule has 2 fully saturated rings. The number of hydrogen-bond donors (Lipinski definition) is 1. The minimum absolute atomic E-state index is 0.166. The molecule has 3 heteroatoms. The van der Waals surface area contributed by atoms with Gasteiger partial charge in [0.15, 0.2) is 0 Å². The highest BCUT2D eigenvalue weighted by Gasteiger charge is 2.44. The zero-order valence-corrected chi connectivity index (χ0v) is 6.79. The molecule has 0 radical (unpaired) electrons. The molecule has 3 atom stereocenters. The van der Waals surface area contributed by atoms with Gasteiger partial charge in [-0.25, -0.2) is 0 Å². The van der Waals surface area contributed by atoms with E-state index >= 15 is 0 Å². The van der Waals surface area contributed by atoms with Gasteiger partial charge in [0.05, 0.1) is 6.04 Å². The first-order valence-corrected chi connectivity index (χ1v) is 4.26. The van der Waals surface area contributed by atoms with Crippen LogP contribution < -0.4 is 5.73 Å². The van der Waals surface area contributed by atoms with Gasteiger partial charge in [0, 0.05) is 12.6 Å². The van der Waals surface area contributed by atoms with Crippen LogP contribution in [0.3, 0.4) is 0 Å². The highest BCUT2D eigenvalue weighted by atomic mass is 16.2. The number of rotatable bonds is 1. The molecule has 11 heavy (non-hydrogen) atoms. The number of nitrogens with zero attached hydrogens (tertiary/aromatic N) is 1. The topological polar surface area (TPSA) is 46.3 Å². The first-order valence-electron chi connectivity index (χ1n) is 4.26. The van der Waals surface area contributed by atoms with Gasteiger partial charge in [-0.1, -0.05) is 6.92 Å². The second-order valence-corrected chi connectivity index (χ2v) is 3.71. The van der Waals surface area contributed by atoms with Crippen LogP contribution in [0.1, 0.15) is 19.8 Å². The molecule has 1 amide bonds. The maximum absolute atomic E-state index is 11.3. The summed E-state index contributed by atoms with van der Waals surface area (Å²) in [5, 5.41) is 0. The monoisotopic (exact) mass is 154 g/mol. The summed E-state index contributed by atoms with van der Waals surface area (Å²) < 4.78 is 0. The Morgan fingerprint density at radius 3 is 2.64 bits per heavy atom. The Hall–Kier alpha value is -0.570. The summed E-state index contributed by atoms with van der Waals surface area (Å²) >= 11 is 0. The number of carbonyl (C=O) groups excluding carboxylic acids is 1. The van der Waals surface area contributed by atoms with E-state index in [1.807, 2.05) is 4.90 Å². The fraction of sp³-hybridized carbons (Fsp3) is 0.875. The third-order valence-electron chi connectivity index (χ3n) is 2.75. The molecule has 1 saturated heterocycles. The normalized spacial score (nSPS) is 43.3. The van der Waals surface area contributed by atoms with Crippen LogP contribution in [-0.4, -0.2) is 29.4 Å². The van der Waals surface area contributed by atoms with Gasteiger partial charge in [-0.15, -0.1) is 0 Å². The Labute approximate surface area is 66.5 Å². The molecule has 1 aliphatic carbocycles. The molecule has 1 aliphatic heterocycles. The third-order valence-corrected chi connectivity index (χ3v) is 2.75. The van der Waals surface area contributed by atoms with Crippen LogP contribution in [0.15, 0.2) is 0 Å². The lowest BCUT2D eigenvalue weighted by Crippen LogP contribution is -2.35. The molecular weight excluding hydrogens is 140 g/mol. The maximum atomic E-state index is 11.3. The van der Waals surface area contributed by atoms with Crippen LogP contribution in [0, 0.1) is 5.92 Å². The van der Waals surface area contributed by atoms with E-state index in [9.17, 15) is 4.79 Å². The average molecular weight is 154 g/mol. The van der Waals surface area contributed by atoms with Crippen molar-refractivity contribution in [2.24, 2.45) is 11.7 Å². The molecule has 1 saturated carbocycles. The van der Waals surface area contributed by atoms with Gasteiger partial charge in [-0.05, 0) is 18.8 Å². The molecule has 2 rings (SSSR count). The second kappa shape index (κ2) is 2.21. The highest BCUT2D eigenvalue weighted by molar-refractivity contribution is 5.84. The van der Waals surface area contributed by atoms with Crippen molar-refractivity contribution in [2.45, 2.75) is 31.8 Å². The molecular formula is C8H14N2O. The Morgan fingerprint density at radius 2 is 2.27 bits per heavy atom. The number of hydrogen-bond acceptors (Lipinski definition) is 2. The van der Waals surface area contributed by atoms with Crippen molar-refractivity contribution >= 4 is 5.91 Å². The minimum Gasteiger partial charge on any atom is -0.338 e. The summed E-state index contributed by atoms with van der Waals surface area (Å²) in [6.45, 7) is 3.07. The van der Waals surface area contributed by atoms with Crippen molar-refractivity contribution in [1.82, 2.24) is 4.90 Å². The number of likely N-dealkylation sites (tertiary alicyclic amines) is 1. The smallest absolute Gasteiger partial charge is 0.239 e. The van der Waals surface area contributed by atoms with E-state index in [1.165, 1.54) is 6.42 Å². The first-order chi connectivity index (χ1) is 5.20. The summed E-state index contributed by atoms with van der Waals surface area (Å²) in [6.07, 6.45) is 2.03. The summed E-state index contributed by atoms with van der Waals surface area (Å²) in [7, 11) is 0. The van der Waals surface area contributed by atoms with E-state index in [-0.39, 0.29) is 11.9 Å². The van der Waals surface area contributed by atoms with Gasteiger partial charge >= 0.3 is 0 Å². The van der Waals surface area contributed by atoms with Gasteiger partial charge in [-0.3, -0.25) is 4.79 Å². The van der Waals surface area contributed by atoms with E-state index in [1.54, 1.807) is 0 Å². The van der Waals surface area contributed by atoms with Crippen LogP contribution >= 0.6 is 0 Å². The van der Waals surface area contributed by atoms with Crippen molar-refractivity contribution in [3.05, 3.63) is 0 Å². The molecule has 0 aromatic carbocycles. The molecule has 2 N–H and O–H groups in total. The summed E-state index contributed by atoms with van der Waals surface area (Å²) in [6, 6.07) is 0.318. The third kappa shape index (κ3) is 1.03. The van der Waals surface area contributed by atoms with Crippen LogP contribution in [0.2, 0.25) is 0 Å². The standard InChI is InChI=1S/C8H14N2O/c1-5-4-7(5)10-3-2-6(9)8(10)11/h5-7H,2-4,9H2,1H3. The molecule has 0 aromatic heterocycles. The largest absolute Gasteiger partial charge is 0.338 e. The molecule has 3 unspecified atom stereocenters. The Morgan fingerprint density at radius 1 is 1.64 bits per heavy atom. The van der Waals surface area contributed by atoms with Crippen molar-refractivity contribution in [1.29, 1.82) is 0 Å². The lowest BCUT2D eigenvalue weighted by atomic mass is 10.3. The molecule has 0 bridgehead atoms. The van der Waals surface area contributed by atoms with Gasteiger partial charge < -0.3 is 10.6 Å². The fourth-order valence-electron chi connectivity index (χ4n) is 1.79. The lowest BCUT2D eigenvalue weighted by molar-refractivity contribution is -0.129. The lowest BCUT2D eigenvalue weighted by Gasteiger charge is -2.14. The number of amides is 1. The van der Waals surface area contributed by atoms with E-state index in [2.05, 4.69) is 6.92 Å². The van der Waals surface area contributed by atoms with Crippen LogP contribution in [0.25, 0.3) is 0 Å². The van der Waals surface area contributed by atoms with Gasteiger partial charge in [0.1, 0.15) is 0 Å². The maximum Gasteiger partial charge on any atom is 0.239 e. The van der Waals surface area contributed by atoms with Gasteiger partial charge in [0.2, 0.25) is 5.91 Å². The SMILES string of the molecule is CC1CC1N1CCC(N)C1=O. The Balaban J connectivity index is 2.01. The van der Waals surface area contributed by atoms with E-state index in [0.717, 1.165) is 13.0 Å². The minimum atomic E-state index is -0.206. The fourth-order valence-corrected chi connectivity index (χ4v) is 1.79. The van der Waals surface area contributed by atoms with Crippen LogP contribution in [0.5, 0.6) is 0 Å². The molecule has 62 valence electrons. The summed E-state index contributed by atoms with van der Waals surface area (Å²) in [5.74, 6) is 0.878. The van der Waals surface area contributed by atoms with Crippen molar-refractivity contribution < 1.29 is 4.79 Å². The molecule has 2 aliphatic rings. The number of carbonyl (C=O) groups is 1. The predicted octanol–water partition coefficient (Wildman–Crippen LogP) is -0.0456. The number of nitrogens with two attached hydrogens (primary N) is 1. The summed E-state index contributed by atoms with van der Waals surface area (Å²) in [4.78, 5) is 13.3. The van der Waals surface area contributed by atoms with Crippen molar-refractivity contribution in [3.63, 3.8) is 0 Å². The summed E-state index contributed by atoms with van der Waals surface area (Å²) in [5.41, 5.74) is 5.59. The van der Waals surface area contributed by atoms with Gasteiger partial charge in [0.25, 0.3) is 0 Å². The molecule has 3 nitrogen and oxygen atoms in total. The molecule has 0 spiro atoms. The van der Waals surface area contributed by atoms with Crippen LogP contribution in [-0.2, 0) is 4.79 Å². The quantitative estimate of drug-likeness (QED) is 0.576.